The van der Waals surface area contributed by atoms with Crippen LogP contribution in [0.5, 0.6) is 0 Å². The number of fused-ring (bicyclic) bond motifs is 1. The van der Waals surface area contributed by atoms with Gasteiger partial charge in [0, 0.05) is 33.6 Å². The van der Waals surface area contributed by atoms with Gasteiger partial charge in [-0.1, -0.05) is 25.4 Å². The van der Waals surface area contributed by atoms with Crippen LogP contribution in [0.1, 0.15) is 19.5 Å². The largest absolute Gasteiger partial charge is 0.358 e. The van der Waals surface area contributed by atoms with Gasteiger partial charge in [-0.25, -0.2) is 0 Å². The van der Waals surface area contributed by atoms with Crippen molar-refractivity contribution in [3.63, 3.8) is 0 Å². The predicted octanol–water partition coefficient (Wildman–Crippen LogP) is 3.06. The number of hydrogen-bond acceptors (Lipinski definition) is 1. The zero-order chi connectivity index (χ0) is 11.1. The van der Waals surface area contributed by atoms with E-state index in [1.54, 1.807) is 0 Å². The van der Waals surface area contributed by atoms with Crippen LogP contribution >= 0.6 is 11.6 Å². The molecule has 0 saturated heterocycles. The molecule has 0 saturated carbocycles. The number of aromatic amines is 1. The van der Waals surface area contributed by atoms with Crippen LogP contribution in [0.3, 0.4) is 0 Å². The molecule has 0 unspecified atom stereocenters. The van der Waals surface area contributed by atoms with E-state index in [1.807, 2.05) is 18.2 Å². The van der Waals surface area contributed by atoms with Crippen molar-refractivity contribution in [1.29, 1.82) is 0 Å². The molecule has 2 rings (SSSR count). The van der Waals surface area contributed by atoms with E-state index in [4.69, 9.17) is 17.3 Å². The van der Waals surface area contributed by atoms with Crippen LogP contribution in [-0.2, 0) is 5.41 Å². The molecular formula is C12H15ClN2. The van der Waals surface area contributed by atoms with Gasteiger partial charge in [0.15, 0.2) is 0 Å². The van der Waals surface area contributed by atoms with Gasteiger partial charge in [-0.15, -0.1) is 0 Å². The zero-order valence-electron chi connectivity index (χ0n) is 8.97. The van der Waals surface area contributed by atoms with E-state index in [1.165, 1.54) is 0 Å². The number of H-pyrrole nitrogens is 1. The van der Waals surface area contributed by atoms with Crippen molar-refractivity contribution in [2.45, 2.75) is 19.3 Å². The lowest BCUT2D eigenvalue weighted by molar-refractivity contribution is 0.526. The molecule has 3 heteroatoms. The van der Waals surface area contributed by atoms with Gasteiger partial charge in [0.25, 0.3) is 0 Å². The predicted molar refractivity (Wildman–Crippen MR) is 65.4 cm³/mol. The second kappa shape index (κ2) is 3.54. The van der Waals surface area contributed by atoms with Crippen molar-refractivity contribution < 1.29 is 0 Å². The number of nitrogens with two attached hydrogens (primary N) is 1. The summed E-state index contributed by atoms with van der Waals surface area (Å²) in [7, 11) is 0. The molecule has 0 aliphatic rings. The van der Waals surface area contributed by atoms with Crippen molar-refractivity contribution in [3.8, 4) is 0 Å². The smallest absolute Gasteiger partial charge is 0.0457 e. The quantitative estimate of drug-likeness (QED) is 0.806. The van der Waals surface area contributed by atoms with Crippen LogP contribution < -0.4 is 5.73 Å². The average Bonchev–Trinajstić information content (AvgIpc) is 2.61. The summed E-state index contributed by atoms with van der Waals surface area (Å²) in [4.78, 5) is 3.38. The van der Waals surface area contributed by atoms with Crippen molar-refractivity contribution in [2.75, 3.05) is 6.54 Å². The molecule has 1 aromatic heterocycles. The standard InChI is InChI=1S/C12H15ClN2/c1-12(2,7-14)11-6-8-5-9(13)3-4-10(8)15-11/h3-6,15H,7,14H2,1-2H3. The van der Waals surface area contributed by atoms with Crippen molar-refractivity contribution in [1.82, 2.24) is 4.98 Å². The van der Waals surface area contributed by atoms with Crippen LogP contribution in [0, 0.1) is 0 Å². The molecule has 1 heterocycles. The fraction of sp³-hybridized carbons (Fsp3) is 0.333. The fourth-order valence-electron chi connectivity index (χ4n) is 1.58. The molecule has 2 nitrogen and oxygen atoms in total. The fourth-order valence-corrected chi connectivity index (χ4v) is 1.76. The van der Waals surface area contributed by atoms with Crippen molar-refractivity contribution in [3.05, 3.63) is 35.0 Å². The van der Waals surface area contributed by atoms with Gasteiger partial charge in [0.2, 0.25) is 0 Å². The molecule has 15 heavy (non-hydrogen) atoms. The zero-order valence-corrected chi connectivity index (χ0v) is 9.73. The van der Waals surface area contributed by atoms with Gasteiger partial charge < -0.3 is 10.7 Å². The van der Waals surface area contributed by atoms with Gasteiger partial charge in [0.05, 0.1) is 0 Å². The number of hydrogen-bond donors (Lipinski definition) is 2. The molecule has 0 fully saturated rings. The summed E-state index contributed by atoms with van der Waals surface area (Å²) in [5.41, 5.74) is 7.98. The summed E-state index contributed by atoms with van der Waals surface area (Å²) in [5, 5.41) is 1.90. The Kier molecular flexibility index (Phi) is 2.49. The lowest BCUT2D eigenvalue weighted by Crippen LogP contribution is -2.28. The molecule has 0 bridgehead atoms. The normalized spacial score (nSPS) is 12.3. The van der Waals surface area contributed by atoms with Crippen LogP contribution in [0.15, 0.2) is 24.3 Å². The Morgan fingerprint density at radius 3 is 2.73 bits per heavy atom. The van der Waals surface area contributed by atoms with Crippen molar-refractivity contribution >= 4 is 22.5 Å². The van der Waals surface area contributed by atoms with Gasteiger partial charge in [-0.2, -0.15) is 0 Å². The van der Waals surface area contributed by atoms with E-state index in [-0.39, 0.29) is 5.41 Å². The van der Waals surface area contributed by atoms with E-state index in [9.17, 15) is 0 Å². The maximum absolute atomic E-state index is 5.94. The molecule has 2 aromatic rings. The summed E-state index contributed by atoms with van der Waals surface area (Å²) >= 11 is 5.94. The Labute approximate surface area is 94.4 Å². The summed E-state index contributed by atoms with van der Waals surface area (Å²) in [6.07, 6.45) is 0. The minimum atomic E-state index is -0.0223. The van der Waals surface area contributed by atoms with Crippen LogP contribution in [0.25, 0.3) is 10.9 Å². The lowest BCUT2D eigenvalue weighted by Gasteiger charge is -2.20. The maximum Gasteiger partial charge on any atom is 0.0457 e. The highest BCUT2D eigenvalue weighted by molar-refractivity contribution is 6.31. The Balaban J connectivity index is 2.56. The third-order valence-electron chi connectivity index (χ3n) is 2.82. The Bertz CT molecular complexity index is 485. The van der Waals surface area contributed by atoms with E-state index in [0.29, 0.717) is 6.54 Å². The van der Waals surface area contributed by atoms with E-state index >= 15 is 0 Å². The first kappa shape index (κ1) is 10.5. The van der Waals surface area contributed by atoms with Gasteiger partial charge in [-0.05, 0) is 24.3 Å². The molecule has 0 amide bonds. The molecule has 0 aliphatic carbocycles. The number of aromatic nitrogens is 1. The second-order valence-corrected chi connectivity index (χ2v) is 4.94. The van der Waals surface area contributed by atoms with E-state index in [2.05, 4.69) is 24.9 Å². The lowest BCUT2D eigenvalue weighted by atomic mass is 9.90. The number of benzene rings is 1. The Hall–Kier alpha value is -0.990. The highest BCUT2D eigenvalue weighted by Crippen LogP contribution is 2.26. The Morgan fingerprint density at radius 2 is 2.07 bits per heavy atom. The molecule has 0 radical (unpaired) electrons. The highest BCUT2D eigenvalue weighted by Gasteiger charge is 2.20. The second-order valence-electron chi connectivity index (χ2n) is 4.50. The monoisotopic (exact) mass is 222 g/mol. The van der Waals surface area contributed by atoms with Crippen LogP contribution in [0.4, 0.5) is 0 Å². The number of nitrogens with one attached hydrogen (secondary N) is 1. The molecular weight excluding hydrogens is 208 g/mol. The first-order valence-corrected chi connectivity index (χ1v) is 5.39. The van der Waals surface area contributed by atoms with Crippen molar-refractivity contribution in [2.24, 2.45) is 5.73 Å². The van der Waals surface area contributed by atoms with Gasteiger partial charge in [-0.3, -0.25) is 0 Å². The molecule has 1 aromatic carbocycles. The number of rotatable bonds is 2. The third-order valence-corrected chi connectivity index (χ3v) is 3.06. The SMILES string of the molecule is CC(C)(CN)c1cc2cc(Cl)ccc2[nH]1. The molecule has 0 aliphatic heterocycles. The summed E-state index contributed by atoms with van der Waals surface area (Å²) in [6.45, 7) is 4.87. The highest BCUT2D eigenvalue weighted by atomic mass is 35.5. The average molecular weight is 223 g/mol. The molecule has 0 spiro atoms. The van der Waals surface area contributed by atoms with Gasteiger partial charge >= 0.3 is 0 Å². The first-order chi connectivity index (χ1) is 7.03. The Morgan fingerprint density at radius 1 is 1.33 bits per heavy atom. The molecule has 80 valence electrons. The van der Waals surface area contributed by atoms with Crippen LogP contribution in [-0.4, -0.2) is 11.5 Å². The maximum atomic E-state index is 5.94. The minimum Gasteiger partial charge on any atom is -0.358 e. The van der Waals surface area contributed by atoms with E-state index in [0.717, 1.165) is 21.6 Å². The summed E-state index contributed by atoms with van der Waals surface area (Å²) < 4.78 is 0. The molecule has 0 atom stereocenters. The molecule has 3 N–H and O–H groups in total. The third kappa shape index (κ3) is 1.87. The van der Waals surface area contributed by atoms with Gasteiger partial charge in [0.1, 0.15) is 0 Å². The minimum absolute atomic E-state index is 0.0223. The summed E-state index contributed by atoms with van der Waals surface area (Å²) in [6, 6.07) is 7.96. The first-order valence-electron chi connectivity index (χ1n) is 5.02. The van der Waals surface area contributed by atoms with Crippen LogP contribution in [0.2, 0.25) is 5.02 Å². The number of halogens is 1. The summed E-state index contributed by atoms with van der Waals surface area (Å²) in [5.74, 6) is 0. The topological polar surface area (TPSA) is 41.8 Å². The van der Waals surface area contributed by atoms with E-state index < -0.39 is 0 Å².